The van der Waals surface area contributed by atoms with Crippen LogP contribution in [0.15, 0.2) is 59.0 Å². The quantitative estimate of drug-likeness (QED) is 0.286. The Morgan fingerprint density at radius 3 is 2.33 bits per heavy atom. The van der Waals surface area contributed by atoms with E-state index < -0.39 is 0 Å². The van der Waals surface area contributed by atoms with Crippen molar-refractivity contribution in [3.8, 4) is 11.1 Å². The van der Waals surface area contributed by atoms with Crippen LogP contribution < -0.4 is 0 Å². The molecule has 0 aliphatic heterocycles. The summed E-state index contributed by atoms with van der Waals surface area (Å²) in [6, 6.07) is 19.7. The maximum Gasteiger partial charge on any atom is 0.140 e. The Morgan fingerprint density at radius 1 is 0.767 bits per heavy atom. The van der Waals surface area contributed by atoms with Crippen LogP contribution in [0.1, 0.15) is 43.2 Å². The van der Waals surface area contributed by atoms with E-state index in [9.17, 15) is 0 Å². The molecule has 5 aliphatic rings. The van der Waals surface area contributed by atoms with E-state index in [-0.39, 0.29) is 5.41 Å². The van der Waals surface area contributed by atoms with E-state index in [0.717, 1.165) is 28.0 Å². The average Bonchev–Trinajstić information content (AvgIpc) is 3.26. The fraction of sp³-hybridized carbons (Fsp3) is 0.357. The highest BCUT2D eigenvalue weighted by Gasteiger charge is 2.62. The van der Waals surface area contributed by atoms with E-state index in [2.05, 4.69) is 54.6 Å². The first kappa shape index (κ1) is 16.4. The molecule has 9 rings (SSSR count). The number of hydrogen-bond donors (Lipinski definition) is 0. The number of benzene rings is 3. The van der Waals surface area contributed by atoms with Crippen molar-refractivity contribution in [1.82, 2.24) is 0 Å². The van der Waals surface area contributed by atoms with E-state index in [1.54, 1.807) is 0 Å². The summed E-state index contributed by atoms with van der Waals surface area (Å²) in [6.07, 6.45) is 6.95. The molecule has 0 unspecified atom stereocenters. The molecule has 4 saturated carbocycles. The molecule has 5 aliphatic carbocycles. The van der Waals surface area contributed by atoms with Crippen molar-refractivity contribution in [3.63, 3.8) is 0 Å². The van der Waals surface area contributed by atoms with Gasteiger partial charge in [0.2, 0.25) is 0 Å². The summed E-state index contributed by atoms with van der Waals surface area (Å²) in [5.74, 6) is 3.29. The molecule has 0 radical (unpaired) electrons. The monoisotopic (exact) mass is 410 g/mol. The maximum atomic E-state index is 6.89. The third-order valence-electron chi connectivity index (χ3n) is 9.12. The zero-order chi connectivity index (χ0) is 19.6. The maximum absolute atomic E-state index is 6.89. The van der Waals surface area contributed by atoms with Gasteiger partial charge < -0.3 is 4.42 Å². The highest BCUT2D eigenvalue weighted by molar-refractivity contribution is 6.34. The third kappa shape index (κ3) is 1.72. The Balaban J connectivity index is 1.55. The molecule has 0 atom stereocenters. The zero-order valence-corrected chi connectivity index (χ0v) is 17.6. The van der Waals surface area contributed by atoms with Gasteiger partial charge in [0.1, 0.15) is 11.2 Å². The first-order chi connectivity index (χ1) is 14.7. The molecule has 4 aromatic rings. The van der Waals surface area contributed by atoms with Gasteiger partial charge in [-0.3, -0.25) is 0 Å². The zero-order valence-electron chi connectivity index (χ0n) is 16.8. The summed E-state index contributed by atoms with van der Waals surface area (Å²) in [5.41, 5.74) is 7.77. The lowest BCUT2D eigenvalue weighted by Crippen LogP contribution is -2.55. The lowest BCUT2D eigenvalue weighted by Gasteiger charge is -2.61. The first-order valence-corrected chi connectivity index (χ1v) is 11.9. The average molecular weight is 411 g/mol. The van der Waals surface area contributed by atoms with Crippen molar-refractivity contribution in [2.24, 2.45) is 23.7 Å². The molecule has 148 valence electrons. The Hall–Kier alpha value is -2.25. The fourth-order valence-corrected chi connectivity index (χ4v) is 8.74. The number of para-hydroxylation sites is 1. The van der Waals surface area contributed by atoms with Crippen LogP contribution in [0, 0.1) is 23.7 Å². The van der Waals surface area contributed by atoms with Crippen molar-refractivity contribution in [3.05, 3.63) is 70.7 Å². The van der Waals surface area contributed by atoms with Crippen LogP contribution in [0.4, 0.5) is 0 Å². The summed E-state index contributed by atoms with van der Waals surface area (Å²) >= 11 is 6.89. The number of halogens is 1. The van der Waals surface area contributed by atoms with Gasteiger partial charge in [-0.2, -0.15) is 0 Å². The van der Waals surface area contributed by atoms with Crippen molar-refractivity contribution < 1.29 is 4.42 Å². The summed E-state index contributed by atoms with van der Waals surface area (Å²) in [4.78, 5) is 0. The smallest absolute Gasteiger partial charge is 0.140 e. The molecular weight excluding hydrogens is 388 g/mol. The van der Waals surface area contributed by atoms with E-state index in [0.29, 0.717) is 11.8 Å². The Kier molecular flexibility index (Phi) is 2.92. The predicted molar refractivity (Wildman–Crippen MR) is 122 cm³/mol. The van der Waals surface area contributed by atoms with Crippen LogP contribution in [0.5, 0.6) is 0 Å². The summed E-state index contributed by atoms with van der Waals surface area (Å²) in [6.45, 7) is 0. The minimum Gasteiger partial charge on any atom is -0.456 e. The van der Waals surface area contributed by atoms with E-state index in [4.69, 9.17) is 16.0 Å². The molecule has 1 spiro atoms. The lowest BCUT2D eigenvalue weighted by atomic mass is 9.43. The van der Waals surface area contributed by atoms with Crippen LogP contribution in [0.3, 0.4) is 0 Å². The molecular formula is C28H23ClO. The van der Waals surface area contributed by atoms with Gasteiger partial charge >= 0.3 is 0 Å². The van der Waals surface area contributed by atoms with Crippen molar-refractivity contribution in [2.45, 2.75) is 37.5 Å². The highest BCUT2D eigenvalue weighted by Crippen LogP contribution is 2.70. The van der Waals surface area contributed by atoms with Gasteiger partial charge in [-0.05, 0) is 85.1 Å². The molecule has 1 nitrogen and oxygen atoms in total. The van der Waals surface area contributed by atoms with Gasteiger partial charge in [-0.25, -0.2) is 0 Å². The second-order valence-corrected chi connectivity index (χ2v) is 10.7. The van der Waals surface area contributed by atoms with Crippen molar-refractivity contribution in [1.29, 1.82) is 0 Å². The van der Waals surface area contributed by atoms with Gasteiger partial charge in [0.15, 0.2) is 0 Å². The van der Waals surface area contributed by atoms with Crippen LogP contribution in [0.2, 0.25) is 5.02 Å². The Bertz CT molecular complexity index is 1350. The summed E-state index contributed by atoms with van der Waals surface area (Å²) in [7, 11) is 0. The summed E-state index contributed by atoms with van der Waals surface area (Å²) < 4.78 is 6.65. The molecule has 1 aromatic heterocycles. The van der Waals surface area contributed by atoms with Gasteiger partial charge in [-0.15, -0.1) is 0 Å². The Labute approximate surface area is 181 Å². The molecule has 4 bridgehead atoms. The van der Waals surface area contributed by atoms with Gasteiger partial charge in [0.05, 0.1) is 0 Å². The van der Waals surface area contributed by atoms with Crippen LogP contribution >= 0.6 is 11.6 Å². The van der Waals surface area contributed by atoms with Crippen molar-refractivity contribution in [2.75, 3.05) is 0 Å². The fourth-order valence-electron chi connectivity index (χ4n) is 8.46. The lowest BCUT2D eigenvalue weighted by molar-refractivity contribution is -0.0396. The largest absolute Gasteiger partial charge is 0.456 e. The number of fused-ring (bicyclic) bond motifs is 7. The normalized spacial score (nSPS) is 33.0. The number of rotatable bonds is 0. The molecule has 4 fully saturated rings. The summed E-state index contributed by atoms with van der Waals surface area (Å²) in [5, 5.41) is 3.40. The van der Waals surface area contributed by atoms with Crippen LogP contribution in [0.25, 0.3) is 33.1 Å². The second-order valence-electron chi connectivity index (χ2n) is 10.3. The van der Waals surface area contributed by atoms with Crippen molar-refractivity contribution >= 4 is 33.5 Å². The van der Waals surface area contributed by atoms with Gasteiger partial charge in [-0.1, -0.05) is 48.0 Å². The van der Waals surface area contributed by atoms with Crippen LogP contribution in [-0.2, 0) is 5.41 Å². The standard InChI is InChI=1S/C28H23ClO/c29-23-6-3-5-22-25(23)21-9-8-20-19-4-1-2-7-24(19)30-27(20)26(21)28(22)17-11-15-10-16(13-17)14-18(28)12-15/h1-9,15-18H,10-14H2. The van der Waals surface area contributed by atoms with E-state index in [1.165, 1.54) is 65.1 Å². The topological polar surface area (TPSA) is 13.1 Å². The minimum absolute atomic E-state index is 0.0797. The molecule has 3 aromatic carbocycles. The Morgan fingerprint density at radius 2 is 1.53 bits per heavy atom. The number of hydrogen-bond acceptors (Lipinski definition) is 1. The third-order valence-corrected chi connectivity index (χ3v) is 9.43. The van der Waals surface area contributed by atoms with E-state index >= 15 is 0 Å². The predicted octanol–water partition coefficient (Wildman–Crippen LogP) is 7.96. The van der Waals surface area contributed by atoms with Gasteiger partial charge in [0.25, 0.3) is 0 Å². The number of furan rings is 1. The first-order valence-electron chi connectivity index (χ1n) is 11.5. The van der Waals surface area contributed by atoms with Crippen LogP contribution in [-0.4, -0.2) is 0 Å². The molecule has 1 heterocycles. The van der Waals surface area contributed by atoms with E-state index in [1.807, 2.05) is 0 Å². The minimum atomic E-state index is 0.0797. The highest BCUT2D eigenvalue weighted by atomic mass is 35.5. The SMILES string of the molecule is Clc1cccc2c1-c1ccc3c(oc4ccccc43)c1C21C2CC3CC(C2)CC1C3. The molecule has 0 N–H and O–H groups in total. The molecule has 0 amide bonds. The molecule has 30 heavy (non-hydrogen) atoms. The molecule has 2 heteroatoms. The van der Waals surface area contributed by atoms with Gasteiger partial charge in [0, 0.05) is 32.3 Å². The molecule has 0 saturated heterocycles. The second kappa shape index (κ2) is 5.32.